The quantitative estimate of drug-likeness (QED) is 0.702. The van der Waals surface area contributed by atoms with Gasteiger partial charge >= 0.3 is 5.69 Å². The summed E-state index contributed by atoms with van der Waals surface area (Å²) in [5.41, 5.74) is 1.27. The van der Waals surface area contributed by atoms with Crippen molar-refractivity contribution in [2.45, 2.75) is 27.7 Å². The minimum absolute atomic E-state index is 0.496. The molecule has 1 aromatic carbocycles. The Kier molecular flexibility index (Phi) is 5.94. The van der Waals surface area contributed by atoms with E-state index in [2.05, 4.69) is 9.88 Å². The van der Waals surface area contributed by atoms with E-state index in [1.54, 1.807) is 12.1 Å². The van der Waals surface area contributed by atoms with E-state index in [0.29, 0.717) is 30.4 Å². The highest BCUT2D eigenvalue weighted by Gasteiger charge is 2.27. The van der Waals surface area contributed by atoms with Gasteiger partial charge in [0.25, 0.3) is 0 Å². The topological polar surface area (TPSA) is 49.8 Å². The molecule has 1 rings (SSSR count). The van der Waals surface area contributed by atoms with Gasteiger partial charge in [0, 0.05) is 19.2 Å². The average molecular weight is 264 g/mol. The predicted molar refractivity (Wildman–Crippen MR) is 77.1 cm³/mol. The molecule has 19 heavy (non-hydrogen) atoms. The molecule has 1 aromatic rings. The van der Waals surface area contributed by atoms with E-state index in [1.165, 1.54) is 0 Å². The van der Waals surface area contributed by atoms with E-state index in [1.807, 2.05) is 27.7 Å². The van der Waals surface area contributed by atoms with Gasteiger partial charge in [-0.1, -0.05) is 0 Å². The zero-order chi connectivity index (χ0) is 14.3. The van der Waals surface area contributed by atoms with E-state index in [-0.39, 0.29) is 0 Å². The van der Waals surface area contributed by atoms with Crippen molar-refractivity contribution in [2.24, 2.45) is 0 Å². The first-order chi connectivity index (χ1) is 9.23. The zero-order valence-electron chi connectivity index (χ0n) is 12.1. The highest BCUT2D eigenvalue weighted by atomic mass is 16.5. The molecule has 0 atom stereocenters. The summed E-state index contributed by atoms with van der Waals surface area (Å²) < 4.78 is 11.3. The van der Waals surface area contributed by atoms with Gasteiger partial charge in [0.05, 0.1) is 13.2 Å². The molecule has 0 aliphatic heterocycles. The molecule has 0 saturated carbocycles. The van der Waals surface area contributed by atoms with Crippen molar-refractivity contribution in [3.63, 3.8) is 0 Å². The fourth-order valence-corrected chi connectivity index (χ4v) is 2.02. The molecule has 0 amide bonds. The van der Waals surface area contributed by atoms with Crippen LogP contribution in [0.15, 0.2) is 12.1 Å². The minimum Gasteiger partial charge on any atom is -0.490 e. The first-order valence-corrected chi connectivity index (χ1v) is 6.75. The van der Waals surface area contributed by atoms with Crippen molar-refractivity contribution in [3.05, 3.63) is 17.1 Å². The largest absolute Gasteiger partial charge is 0.490 e. The van der Waals surface area contributed by atoms with E-state index in [4.69, 9.17) is 9.47 Å². The van der Waals surface area contributed by atoms with Crippen LogP contribution >= 0.6 is 0 Å². The summed E-state index contributed by atoms with van der Waals surface area (Å²) in [6.45, 7) is 10.6. The van der Waals surface area contributed by atoms with Crippen molar-refractivity contribution in [1.29, 1.82) is 5.39 Å². The van der Waals surface area contributed by atoms with Crippen molar-refractivity contribution in [3.8, 4) is 11.5 Å². The van der Waals surface area contributed by atoms with Crippen LogP contribution in [0.2, 0.25) is 0 Å². The lowest BCUT2D eigenvalue weighted by Gasteiger charge is -2.23. The summed E-state index contributed by atoms with van der Waals surface area (Å²) in [7, 11) is 0. The SMILES string of the molecule is CCOc1ccc([N+]#N)c(N(CC)CC)c1OCC. The molecule has 0 bridgehead atoms. The van der Waals surface area contributed by atoms with Crippen molar-refractivity contribution in [2.75, 3.05) is 31.2 Å². The van der Waals surface area contributed by atoms with Crippen LogP contribution in [0.4, 0.5) is 11.4 Å². The molecular formula is C14H22N3O2+. The maximum atomic E-state index is 9.17. The van der Waals surface area contributed by atoms with Crippen LogP contribution in [0.5, 0.6) is 11.5 Å². The van der Waals surface area contributed by atoms with Crippen molar-refractivity contribution < 1.29 is 9.47 Å². The van der Waals surface area contributed by atoms with Crippen LogP contribution in [-0.2, 0) is 0 Å². The number of rotatable bonds is 7. The normalized spacial score (nSPS) is 9.84. The second-order valence-electron chi connectivity index (χ2n) is 3.90. The van der Waals surface area contributed by atoms with Gasteiger partial charge in [-0.2, -0.15) is 0 Å². The van der Waals surface area contributed by atoms with Gasteiger partial charge in [-0.25, -0.2) is 0 Å². The average Bonchev–Trinajstić information content (AvgIpc) is 2.43. The summed E-state index contributed by atoms with van der Waals surface area (Å²) in [4.78, 5) is 5.44. The highest BCUT2D eigenvalue weighted by Crippen LogP contribution is 2.44. The van der Waals surface area contributed by atoms with Crippen LogP contribution < -0.4 is 14.4 Å². The van der Waals surface area contributed by atoms with Gasteiger partial charge in [-0.15, -0.1) is 0 Å². The molecular weight excluding hydrogens is 242 g/mol. The number of anilines is 1. The maximum absolute atomic E-state index is 9.17. The van der Waals surface area contributed by atoms with Crippen molar-refractivity contribution in [1.82, 2.24) is 0 Å². The van der Waals surface area contributed by atoms with E-state index >= 15 is 0 Å². The van der Waals surface area contributed by atoms with Gasteiger partial charge in [0.2, 0.25) is 5.39 Å². The first kappa shape index (κ1) is 15.1. The Labute approximate surface area is 114 Å². The molecule has 0 aliphatic rings. The number of nitrogens with zero attached hydrogens (tertiary/aromatic N) is 3. The van der Waals surface area contributed by atoms with Crippen LogP contribution in [0.3, 0.4) is 0 Å². The lowest BCUT2D eigenvalue weighted by molar-refractivity contribution is 0.288. The highest BCUT2D eigenvalue weighted by molar-refractivity contribution is 5.80. The molecule has 5 heteroatoms. The van der Waals surface area contributed by atoms with Gasteiger partial charge in [-0.3, -0.25) is 0 Å². The standard InChI is InChI=1S/C14H22N3O2/c1-5-17(6-2)13-11(16-15)9-10-12(18-7-3)14(13)19-8-4/h9-10H,5-8H2,1-4H3/q+1. The molecule has 0 heterocycles. The minimum atomic E-state index is 0.496. The zero-order valence-corrected chi connectivity index (χ0v) is 12.1. The Bertz CT molecular complexity index is 451. The number of benzene rings is 1. The summed E-state index contributed by atoms with van der Waals surface area (Å²) >= 11 is 0. The van der Waals surface area contributed by atoms with Crippen LogP contribution in [0.1, 0.15) is 27.7 Å². The van der Waals surface area contributed by atoms with E-state index in [9.17, 15) is 5.39 Å². The van der Waals surface area contributed by atoms with Crippen LogP contribution in [0.25, 0.3) is 4.98 Å². The Morgan fingerprint density at radius 2 is 1.68 bits per heavy atom. The lowest BCUT2D eigenvalue weighted by Crippen LogP contribution is -2.23. The second-order valence-corrected chi connectivity index (χ2v) is 3.90. The second kappa shape index (κ2) is 7.47. The number of diazo groups is 1. The van der Waals surface area contributed by atoms with Crippen molar-refractivity contribution >= 4 is 11.4 Å². The molecule has 0 unspecified atom stereocenters. The molecule has 0 aromatic heterocycles. The molecule has 0 aliphatic carbocycles. The monoisotopic (exact) mass is 264 g/mol. The number of ether oxygens (including phenoxy) is 2. The smallest absolute Gasteiger partial charge is 0.412 e. The third kappa shape index (κ3) is 3.28. The first-order valence-electron chi connectivity index (χ1n) is 6.75. The fourth-order valence-electron chi connectivity index (χ4n) is 2.02. The van der Waals surface area contributed by atoms with Crippen LogP contribution in [0, 0.1) is 5.39 Å². The van der Waals surface area contributed by atoms with E-state index < -0.39 is 0 Å². The van der Waals surface area contributed by atoms with Gasteiger partial charge in [-0.05, 0) is 33.8 Å². The molecule has 0 radical (unpaired) electrons. The lowest BCUT2D eigenvalue weighted by atomic mass is 10.2. The molecule has 0 saturated heterocycles. The molecule has 104 valence electrons. The van der Waals surface area contributed by atoms with Gasteiger partial charge in [0.15, 0.2) is 22.2 Å². The van der Waals surface area contributed by atoms with Crippen LogP contribution in [-0.4, -0.2) is 26.3 Å². The van der Waals surface area contributed by atoms with E-state index in [0.717, 1.165) is 18.8 Å². The summed E-state index contributed by atoms with van der Waals surface area (Å²) in [6, 6.07) is 3.51. The van der Waals surface area contributed by atoms with Gasteiger partial charge in [0.1, 0.15) is 0 Å². The Hall–Kier alpha value is -1.96. The number of hydrogen-bond acceptors (Lipinski definition) is 4. The summed E-state index contributed by atoms with van der Waals surface area (Å²) in [5, 5.41) is 9.17. The molecule has 0 spiro atoms. The Morgan fingerprint density at radius 3 is 2.16 bits per heavy atom. The Balaban J connectivity index is 3.42. The third-order valence-electron chi connectivity index (χ3n) is 2.85. The third-order valence-corrected chi connectivity index (χ3v) is 2.85. The molecule has 5 nitrogen and oxygen atoms in total. The van der Waals surface area contributed by atoms with Gasteiger partial charge < -0.3 is 14.4 Å². The Morgan fingerprint density at radius 1 is 1.05 bits per heavy atom. The summed E-state index contributed by atoms with van der Waals surface area (Å²) in [6.07, 6.45) is 0. The summed E-state index contributed by atoms with van der Waals surface area (Å²) in [5.74, 6) is 1.32. The predicted octanol–water partition coefficient (Wildman–Crippen LogP) is 3.81. The maximum Gasteiger partial charge on any atom is 0.412 e. The fraction of sp³-hybridized carbons (Fsp3) is 0.571. The molecule has 0 N–H and O–H groups in total. The number of hydrogen-bond donors (Lipinski definition) is 0. The molecule has 0 fully saturated rings.